The molecule has 0 amide bonds. The lowest BCUT2D eigenvalue weighted by Gasteiger charge is -2.14. The highest BCUT2D eigenvalue weighted by Gasteiger charge is 2.01. The lowest BCUT2D eigenvalue weighted by atomic mass is 10.2. The van der Waals surface area contributed by atoms with Crippen molar-refractivity contribution >= 4 is 11.8 Å². The molecule has 0 atom stereocenters. The van der Waals surface area contributed by atoms with E-state index in [2.05, 4.69) is 47.4 Å². The van der Waals surface area contributed by atoms with Crippen molar-refractivity contribution in [1.82, 2.24) is 15.6 Å². The van der Waals surface area contributed by atoms with Crippen molar-refractivity contribution in [1.29, 1.82) is 0 Å². The number of pyridine rings is 1. The number of rotatable bonds is 5. The molecule has 0 bridgehead atoms. The summed E-state index contributed by atoms with van der Waals surface area (Å²) in [5.74, 6) is 1.80. The van der Waals surface area contributed by atoms with Crippen LogP contribution in [0, 0.1) is 0 Å². The number of aromatic nitrogens is 1. The summed E-state index contributed by atoms with van der Waals surface area (Å²) in [6.07, 6.45) is 1.82. The van der Waals surface area contributed by atoms with Crippen molar-refractivity contribution < 1.29 is 0 Å². The molecular weight excluding hydrogens is 238 g/mol. The molecule has 0 unspecified atom stereocenters. The van der Waals surface area contributed by atoms with Crippen molar-refractivity contribution in [3.05, 3.63) is 23.9 Å². The molecule has 1 rings (SSSR count). The Kier molecular flexibility index (Phi) is 6.12. The predicted molar refractivity (Wildman–Crippen MR) is 81.7 cm³/mol. The quantitative estimate of drug-likeness (QED) is 0.626. The molecule has 2 N–H and O–H groups in total. The molecule has 0 saturated heterocycles. The van der Waals surface area contributed by atoms with Crippen LogP contribution in [0.25, 0.3) is 0 Å². The molecule has 1 aromatic heterocycles. The molecule has 0 aliphatic carbocycles. The number of nitrogens with one attached hydrogen (secondary N) is 2. The van der Waals surface area contributed by atoms with E-state index in [1.165, 1.54) is 0 Å². The first kappa shape index (κ1) is 15.3. The van der Waals surface area contributed by atoms with E-state index in [0.717, 1.165) is 23.9 Å². The zero-order chi connectivity index (χ0) is 14.3. The SMILES string of the molecule is CCNC(=NCc1ccnc(N(C)C)c1)NC(C)C. The summed E-state index contributed by atoms with van der Waals surface area (Å²) >= 11 is 0. The van der Waals surface area contributed by atoms with Crippen LogP contribution in [0.1, 0.15) is 26.3 Å². The van der Waals surface area contributed by atoms with E-state index in [1.807, 2.05) is 31.3 Å². The lowest BCUT2D eigenvalue weighted by Crippen LogP contribution is -2.41. The highest BCUT2D eigenvalue weighted by Crippen LogP contribution is 2.10. The fourth-order valence-electron chi connectivity index (χ4n) is 1.57. The van der Waals surface area contributed by atoms with Gasteiger partial charge in [0, 0.05) is 32.9 Å². The van der Waals surface area contributed by atoms with Crippen molar-refractivity contribution in [3.8, 4) is 0 Å². The Balaban J connectivity index is 2.73. The van der Waals surface area contributed by atoms with Gasteiger partial charge in [0.25, 0.3) is 0 Å². The van der Waals surface area contributed by atoms with E-state index in [4.69, 9.17) is 0 Å². The van der Waals surface area contributed by atoms with Crippen LogP contribution in [0.5, 0.6) is 0 Å². The summed E-state index contributed by atoms with van der Waals surface area (Å²) in [5.41, 5.74) is 1.15. The van der Waals surface area contributed by atoms with E-state index in [-0.39, 0.29) is 0 Å². The van der Waals surface area contributed by atoms with E-state index < -0.39 is 0 Å². The standard InChI is InChI=1S/C14H25N5/c1-6-15-14(18-11(2)3)17-10-12-7-8-16-13(9-12)19(4)5/h7-9,11H,6,10H2,1-5H3,(H2,15,17,18). The highest BCUT2D eigenvalue weighted by molar-refractivity contribution is 5.79. The molecule has 0 saturated carbocycles. The van der Waals surface area contributed by atoms with E-state index >= 15 is 0 Å². The molecule has 5 heteroatoms. The van der Waals surface area contributed by atoms with Crippen LogP contribution in [0.3, 0.4) is 0 Å². The van der Waals surface area contributed by atoms with Gasteiger partial charge < -0.3 is 15.5 Å². The maximum atomic E-state index is 4.57. The number of hydrogen-bond donors (Lipinski definition) is 2. The van der Waals surface area contributed by atoms with Crippen molar-refractivity contribution in [2.45, 2.75) is 33.4 Å². The minimum atomic E-state index is 0.368. The molecule has 0 fully saturated rings. The first-order chi connectivity index (χ1) is 9.02. The van der Waals surface area contributed by atoms with Crippen molar-refractivity contribution in [2.75, 3.05) is 25.5 Å². The van der Waals surface area contributed by atoms with Gasteiger partial charge in [-0.25, -0.2) is 9.98 Å². The third-order valence-electron chi connectivity index (χ3n) is 2.46. The van der Waals surface area contributed by atoms with E-state index in [1.54, 1.807) is 0 Å². The second-order valence-corrected chi connectivity index (χ2v) is 4.91. The molecule has 0 spiro atoms. The third-order valence-corrected chi connectivity index (χ3v) is 2.46. The van der Waals surface area contributed by atoms with E-state index in [0.29, 0.717) is 12.6 Å². The molecule has 5 nitrogen and oxygen atoms in total. The third kappa shape index (κ3) is 5.59. The van der Waals surface area contributed by atoms with Gasteiger partial charge in [-0.3, -0.25) is 0 Å². The molecule has 0 radical (unpaired) electrons. The van der Waals surface area contributed by atoms with Gasteiger partial charge in [-0.15, -0.1) is 0 Å². The molecule has 1 aromatic rings. The Bertz CT molecular complexity index is 412. The van der Waals surface area contributed by atoms with Crippen molar-refractivity contribution in [2.24, 2.45) is 4.99 Å². The largest absolute Gasteiger partial charge is 0.363 e. The van der Waals surface area contributed by atoms with Crippen LogP contribution in [-0.2, 0) is 6.54 Å². The summed E-state index contributed by atoms with van der Waals surface area (Å²) in [6, 6.07) is 4.42. The topological polar surface area (TPSA) is 52.6 Å². The van der Waals surface area contributed by atoms with Crippen LogP contribution in [0.4, 0.5) is 5.82 Å². The first-order valence-electron chi connectivity index (χ1n) is 6.70. The Morgan fingerprint density at radius 2 is 2.16 bits per heavy atom. The summed E-state index contributed by atoms with van der Waals surface area (Å²) in [7, 11) is 3.97. The maximum absolute atomic E-state index is 4.57. The average Bonchev–Trinajstić information content (AvgIpc) is 2.36. The summed E-state index contributed by atoms with van der Waals surface area (Å²) in [4.78, 5) is 10.9. The van der Waals surface area contributed by atoms with Gasteiger partial charge in [-0.2, -0.15) is 0 Å². The molecule has 0 aliphatic rings. The Morgan fingerprint density at radius 3 is 2.74 bits per heavy atom. The van der Waals surface area contributed by atoms with Crippen LogP contribution in [-0.4, -0.2) is 37.6 Å². The molecule has 106 valence electrons. The minimum absolute atomic E-state index is 0.368. The second kappa shape index (κ2) is 7.61. The molecule has 0 aliphatic heterocycles. The van der Waals surface area contributed by atoms with Gasteiger partial charge >= 0.3 is 0 Å². The van der Waals surface area contributed by atoms with Crippen LogP contribution >= 0.6 is 0 Å². The Hall–Kier alpha value is -1.78. The molecular formula is C14H25N5. The van der Waals surface area contributed by atoms with Gasteiger partial charge in [0.05, 0.1) is 6.54 Å². The highest BCUT2D eigenvalue weighted by atomic mass is 15.2. The zero-order valence-electron chi connectivity index (χ0n) is 12.6. The van der Waals surface area contributed by atoms with Crippen LogP contribution in [0.15, 0.2) is 23.3 Å². The normalized spacial score (nSPS) is 11.6. The monoisotopic (exact) mass is 263 g/mol. The fourth-order valence-corrected chi connectivity index (χ4v) is 1.57. The maximum Gasteiger partial charge on any atom is 0.191 e. The van der Waals surface area contributed by atoms with E-state index in [9.17, 15) is 0 Å². The molecule has 19 heavy (non-hydrogen) atoms. The summed E-state index contributed by atoms with van der Waals surface area (Å²) in [6.45, 7) is 7.77. The summed E-state index contributed by atoms with van der Waals surface area (Å²) < 4.78 is 0. The molecule has 1 heterocycles. The number of nitrogens with zero attached hydrogens (tertiary/aromatic N) is 3. The molecule has 0 aromatic carbocycles. The number of hydrogen-bond acceptors (Lipinski definition) is 3. The summed E-state index contributed by atoms with van der Waals surface area (Å²) in [5, 5.41) is 6.54. The van der Waals surface area contributed by atoms with Gasteiger partial charge in [0.1, 0.15) is 5.82 Å². The van der Waals surface area contributed by atoms with Crippen LogP contribution in [0.2, 0.25) is 0 Å². The Morgan fingerprint density at radius 1 is 1.42 bits per heavy atom. The van der Waals surface area contributed by atoms with Gasteiger partial charge in [0.15, 0.2) is 5.96 Å². The first-order valence-corrected chi connectivity index (χ1v) is 6.70. The lowest BCUT2D eigenvalue weighted by molar-refractivity contribution is 0.700. The average molecular weight is 263 g/mol. The number of anilines is 1. The smallest absolute Gasteiger partial charge is 0.191 e. The number of aliphatic imine (C=N–C) groups is 1. The zero-order valence-corrected chi connectivity index (χ0v) is 12.6. The predicted octanol–water partition coefficient (Wildman–Crippen LogP) is 1.61. The Labute approximate surface area is 116 Å². The van der Waals surface area contributed by atoms with Crippen molar-refractivity contribution in [3.63, 3.8) is 0 Å². The van der Waals surface area contributed by atoms with Gasteiger partial charge in [-0.05, 0) is 38.5 Å². The number of guanidine groups is 1. The van der Waals surface area contributed by atoms with Gasteiger partial charge in [-0.1, -0.05) is 0 Å². The van der Waals surface area contributed by atoms with Gasteiger partial charge in [0.2, 0.25) is 0 Å². The fraction of sp³-hybridized carbons (Fsp3) is 0.571. The second-order valence-electron chi connectivity index (χ2n) is 4.91. The van der Waals surface area contributed by atoms with Crippen LogP contribution < -0.4 is 15.5 Å². The minimum Gasteiger partial charge on any atom is -0.363 e.